The number of nitrogens with zero attached hydrogens (tertiary/aromatic N) is 1. The molecule has 1 aliphatic rings. The van der Waals surface area contributed by atoms with Crippen LogP contribution in [-0.4, -0.2) is 35.0 Å². The van der Waals surface area contributed by atoms with Gasteiger partial charge in [0.2, 0.25) is 0 Å². The average Bonchev–Trinajstić information content (AvgIpc) is 2.32. The van der Waals surface area contributed by atoms with E-state index in [2.05, 4.69) is 19.2 Å². The summed E-state index contributed by atoms with van der Waals surface area (Å²) in [6.45, 7) is 9.50. The Morgan fingerprint density at radius 2 is 2.00 bits per heavy atom. The van der Waals surface area contributed by atoms with Crippen molar-refractivity contribution in [2.75, 3.05) is 13.1 Å². The molecule has 2 rings (SSSR count). The number of carbonyl (C=O) groups is 1. The standard InChI is InChI=1S/C15H21FN2O/c1-14(2)10-18(15(3,4)9-17-14)13(19)11-6-5-7-12(16)8-11/h5-8,17H,9-10H2,1-4H3. The molecule has 0 spiro atoms. The number of hydrogen-bond donors (Lipinski definition) is 1. The summed E-state index contributed by atoms with van der Waals surface area (Å²) in [6.07, 6.45) is 0. The van der Waals surface area contributed by atoms with Crippen LogP contribution in [0, 0.1) is 5.82 Å². The van der Waals surface area contributed by atoms with Crippen LogP contribution < -0.4 is 5.32 Å². The van der Waals surface area contributed by atoms with Gasteiger partial charge in [0.05, 0.1) is 5.54 Å². The van der Waals surface area contributed by atoms with Crippen LogP contribution in [0.1, 0.15) is 38.1 Å². The van der Waals surface area contributed by atoms with E-state index < -0.39 is 0 Å². The van der Waals surface area contributed by atoms with Crippen molar-refractivity contribution in [2.24, 2.45) is 0 Å². The van der Waals surface area contributed by atoms with E-state index in [1.54, 1.807) is 12.1 Å². The third-order valence-electron chi connectivity index (χ3n) is 3.60. The fourth-order valence-electron chi connectivity index (χ4n) is 2.34. The Morgan fingerprint density at radius 1 is 1.32 bits per heavy atom. The number of carbonyl (C=O) groups excluding carboxylic acids is 1. The van der Waals surface area contributed by atoms with Crippen LogP contribution in [0.15, 0.2) is 24.3 Å². The highest BCUT2D eigenvalue weighted by Gasteiger charge is 2.40. The van der Waals surface area contributed by atoms with Crippen LogP contribution in [-0.2, 0) is 0 Å². The van der Waals surface area contributed by atoms with E-state index in [1.165, 1.54) is 12.1 Å². The van der Waals surface area contributed by atoms with Crippen LogP contribution in [0.3, 0.4) is 0 Å². The molecule has 104 valence electrons. The minimum Gasteiger partial charge on any atom is -0.330 e. The number of halogens is 1. The predicted molar refractivity (Wildman–Crippen MR) is 73.6 cm³/mol. The molecule has 1 aromatic carbocycles. The van der Waals surface area contributed by atoms with Crippen LogP contribution in [0.2, 0.25) is 0 Å². The second-order valence-corrected chi connectivity index (χ2v) is 6.45. The minimum absolute atomic E-state index is 0.112. The Kier molecular flexibility index (Phi) is 3.39. The smallest absolute Gasteiger partial charge is 0.254 e. The van der Waals surface area contributed by atoms with Crippen molar-refractivity contribution in [2.45, 2.75) is 38.8 Å². The van der Waals surface area contributed by atoms with Crippen molar-refractivity contribution in [1.29, 1.82) is 0 Å². The number of rotatable bonds is 1. The highest BCUT2D eigenvalue weighted by Crippen LogP contribution is 2.25. The molecule has 1 N–H and O–H groups in total. The maximum atomic E-state index is 13.3. The molecule has 0 radical (unpaired) electrons. The van der Waals surface area contributed by atoms with Gasteiger partial charge in [0.1, 0.15) is 5.82 Å². The molecule has 4 heteroatoms. The van der Waals surface area contributed by atoms with E-state index in [4.69, 9.17) is 0 Å². The molecule has 0 atom stereocenters. The number of piperazine rings is 1. The molecule has 3 nitrogen and oxygen atoms in total. The second-order valence-electron chi connectivity index (χ2n) is 6.45. The maximum absolute atomic E-state index is 13.3. The van der Waals surface area contributed by atoms with Gasteiger partial charge in [-0.1, -0.05) is 6.07 Å². The molecule has 1 aliphatic heterocycles. The summed E-state index contributed by atoms with van der Waals surface area (Å²) in [5.74, 6) is -0.489. The van der Waals surface area contributed by atoms with E-state index in [0.717, 1.165) is 6.54 Å². The van der Waals surface area contributed by atoms with E-state index >= 15 is 0 Å². The first-order valence-corrected chi connectivity index (χ1v) is 6.54. The predicted octanol–water partition coefficient (Wildman–Crippen LogP) is 2.43. The van der Waals surface area contributed by atoms with E-state index in [9.17, 15) is 9.18 Å². The molecule has 1 heterocycles. The van der Waals surface area contributed by atoms with Crippen LogP contribution >= 0.6 is 0 Å². The Hall–Kier alpha value is -1.42. The second kappa shape index (κ2) is 4.60. The number of benzene rings is 1. The zero-order valence-electron chi connectivity index (χ0n) is 12.0. The topological polar surface area (TPSA) is 32.3 Å². The fourth-order valence-corrected chi connectivity index (χ4v) is 2.34. The van der Waals surface area contributed by atoms with Gasteiger partial charge in [0, 0.05) is 24.2 Å². The van der Waals surface area contributed by atoms with Gasteiger partial charge in [0.25, 0.3) is 5.91 Å². The maximum Gasteiger partial charge on any atom is 0.254 e. The van der Waals surface area contributed by atoms with Gasteiger partial charge in [-0.25, -0.2) is 4.39 Å². The number of amides is 1. The lowest BCUT2D eigenvalue weighted by atomic mass is 9.90. The quantitative estimate of drug-likeness (QED) is 0.845. The van der Waals surface area contributed by atoms with Gasteiger partial charge in [-0.15, -0.1) is 0 Å². The Labute approximate surface area is 113 Å². The van der Waals surface area contributed by atoms with Gasteiger partial charge in [-0.05, 0) is 45.9 Å². The summed E-state index contributed by atoms with van der Waals surface area (Å²) in [5.41, 5.74) is 0.00279. The molecular weight excluding hydrogens is 243 g/mol. The summed E-state index contributed by atoms with van der Waals surface area (Å²) in [6, 6.07) is 5.89. The van der Waals surface area contributed by atoms with Crippen molar-refractivity contribution in [3.05, 3.63) is 35.6 Å². The van der Waals surface area contributed by atoms with Crippen molar-refractivity contribution in [3.63, 3.8) is 0 Å². The number of hydrogen-bond acceptors (Lipinski definition) is 2. The lowest BCUT2D eigenvalue weighted by Gasteiger charge is -2.49. The monoisotopic (exact) mass is 264 g/mol. The van der Waals surface area contributed by atoms with E-state index in [-0.39, 0.29) is 22.8 Å². The summed E-state index contributed by atoms with van der Waals surface area (Å²) >= 11 is 0. The minimum atomic E-state index is -0.377. The molecular formula is C15H21FN2O. The lowest BCUT2D eigenvalue weighted by Crippen LogP contribution is -2.67. The highest BCUT2D eigenvalue weighted by atomic mass is 19.1. The van der Waals surface area contributed by atoms with E-state index in [1.807, 2.05) is 18.7 Å². The molecule has 19 heavy (non-hydrogen) atoms. The van der Waals surface area contributed by atoms with Gasteiger partial charge in [-0.2, -0.15) is 0 Å². The molecule has 0 bridgehead atoms. The summed E-state index contributed by atoms with van der Waals surface area (Å²) in [7, 11) is 0. The first-order chi connectivity index (χ1) is 8.71. The Morgan fingerprint density at radius 3 is 2.63 bits per heavy atom. The Balaban J connectivity index is 2.30. The van der Waals surface area contributed by atoms with Gasteiger partial charge in [0.15, 0.2) is 0 Å². The van der Waals surface area contributed by atoms with Crippen molar-refractivity contribution in [1.82, 2.24) is 10.2 Å². The van der Waals surface area contributed by atoms with Gasteiger partial charge >= 0.3 is 0 Å². The van der Waals surface area contributed by atoms with Crippen molar-refractivity contribution >= 4 is 5.91 Å². The summed E-state index contributed by atoms with van der Waals surface area (Å²) in [5, 5.41) is 3.43. The average molecular weight is 264 g/mol. The zero-order chi connectivity index (χ0) is 14.3. The number of nitrogens with one attached hydrogen (secondary N) is 1. The van der Waals surface area contributed by atoms with Gasteiger partial charge < -0.3 is 10.2 Å². The molecule has 1 aromatic rings. The fraction of sp³-hybridized carbons (Fsp3) is 0.533. The normalized spacial score (nSPS) is 21.2. The Bertz CT molecular complexity index is 497. The van der Waals surface area contributed by atoms with Crippen molar-refractivity contribution < 1.29 is 9.18 Å². The molecule has 0 aromatic heterocycles. The van der Waals surface area contributed by atoms with Crippen LogP contribution in [0.5, 0.6) is 0 Å². The highest BCUT2D eigenvalue weighted by molar-refractivity contribution is 5.94. The lowest BCUT2D eigenvalue weighted by molar-refractivity contribution is 0.0281. The molecule has 0 saturated carbocycles. The van der Waals surface area contributed by atoms with Crippen molar-refractivity contribution in [3.8, 4) is 0 Å². The van der Waals surface area contributed by atoms with E-state index in [0.29, 0.717) is 12.1 Å². The molecule has 1 amide bonds. The summed E-state index contributed by atoms with van der Waals surface area (Å²) in [4.78, 5) is 14.4. The third kappa shape index (κ3) is 2.95. The van der Waals surface area contributed by atoms with Crippen LogP contribution in [0.25, 0.3) is 0 Å². The first-order valence-electron chi connectivity index (χ1n) is 6.54. The summed E-state index contributed by atoms with van der Waals surface area (Å²) < 4.78 is 13.3. The molecule has 0 aliphatic carbocycles. The molecule has 1 fully saturated rings. The SMILES string of the molecule is CC1(C)CN(C(=O)c2cccc(F)c2)C(C)(C)CN1. The zero-order valence-corrected chi connectivity index (χ0v) is 12.0. The van der Waals surface area contributed by atoms with Crippen LogP contribution in [0.4, 0.5) is 4.39 Å². The molecule has 0 unspecified atom stereocenters. The first kappa shape index (κ1) is 14.0. The largest absolute Gasteiger partial charge is 0.330 e. The molecule has 1 saturated heterocycles. The third-order valence-corrected chi connectivity index (χ3v) is 3.60. The van der Waals surface area contributed by atoms with Gasteiger partial charge in [-0.3, -0.25) is 4.79 Å².